The van der Waals surface area contributed by atoms with E-state index in [0.29, 0.717) is 12.6 Å². The van der Waals surface area contributed by atoms with E-state index in [0.717, 1.165) is 30.9 Å². The Morgan fingerprint density at radius 3 is 2.52 bits per heavy atom. The molecule has 1 aromatic heterocycles. The van der Waals surface area contributed by atoms with E-state index < -0.39 is 0 Å². The number of hydrogen-bond acceptors (Lipinski definition) is 4. The van der Waals surface area contributed by atoms with Gasteiger partial charge in [0.25, 0.3) is 0 Å². The molecule has 0 amide bonds. The van der Waals surface area contributed by atoms with Crippen molar-refractivity contribution < 1.29 is 9.47 Å². The van der Waals surface area contributed by atoms with Gasteiger partial charge in [-0.3, -0.25) is 4.98 Å². The Hall–Kier alpha value is -2.07. The first-order chi connectivity index (χ1) is 11.3. The van der Waals surface area contributed by atoms with Crippen LogP contribution < -0.4 is 14.8 Å². The van der Waals surface area contributed by atoms with E-state index in [9.17, 15) is 0 Å². The number of nitrogens with zero attached hydrogens (tertiary/aromatic N) is 1. The summed E-state index contributed by atoms with van der Waals surface area (Å²) in [5.74, 6) is 1.70. The molecule has 0 spiro atoms. The van der Waals surface area contributed by atoms with E-state index in [4.69, 9.17) is 9.47 Å². The second kappa shape index (κ2) is 7.47. The van der Waals surface area contributed by atoms with Crippen molar-refractivity contribution in [1.29, 1.82) is 0 Å². The molecule has 1 aliphatic heterocycles. The van der Waals surface area contributed by atoms with Crippen LogP contribution in [0.5, 0.6) is 11.5 Å². The van der Waals surface area contributed by atoms with Gasteiger partial charge in [0, 0.05) is 30.9 Å². The molecule has 0 bridgehead atoms. The lowest BCUT2D eigenvalue weighted by atomic mass is 10.0. The predicted molar refractivity (Wildman–Crippen MR) is 90.9 cm³/mol. The standard InChI is InChI=1S/C19H24N2O2/c1-3-17(15-7-9-20-10-8-15)21-14(2)16-5-6-18-19(13-16)23-12-4-11-22-18/h5-10,13-14,17,21H,3-4,11-12H2,1-2H3/t14-,17+/m0/s1. The highest BCUT2D eigenvalue weighted by Gasteiger charge is 2.17. The van der Waals surface area contributed by atoms with Crippen LogP contribution in [0.1, 0.15) is 49.9 Å². The van der Waals surface area contributed by atoms with Gasteiger partial charge in [-0.05, 0) is 48.7 Å². The van der Waals surface area contributed by atoms with Crippen molar-refractivity contribution in [3.63, 3.8) is 0 Å². The molecule has 1 N–H and O–H groups in total. The molecule has 4 nitrogen and oxygen atoms in total. The molecule has 1 aliphatic rings. The van der Waals surface area contributed by atoms with Crippen LogP contribution in [-0.4, -0.2) is 18.2 Å². The number of fused-ring (bicyclic) bond motifs is 1. The molecule has 23 heavy (non-hydrogen) atoms. The van der Waals surface area contributed by atoms with Gasteiger partial charge in [-0.1, -0.05) is 13.0 Å². The highest BCUT2D eigenvalue weighted by molar-refractivity contribution is 5.44. The Kier molecular flexibility index (Phi) is 5.13. The molecule has 0 fully saturated rings. The van der Waals surface area contributed by atoms with Gasteiger partial charge in [0.1, 0.15) is 0 Å². The van der Waals surface area contributed by atoms with Crippen LogP contribution in [0.4, 0.5) is 0 Å². The maximum absolute atomic E-state index is 5.79. The molecule has 0 radical (unpaired) electrons. The summed E-state index contributed by atoms with van der Waals surface area (Å²) in [5.41, 5.74) is 2.48. The minimum Gasteiger partial charge on any atom is -0.490 e. The maximum atomic E-state index is 5.79. The maximum Gasteiger partial charge on any atom is 0.161 e. The Morgan fingerprint density at radius 1 is 1.04 bits per heavy atom. The van der Waals surface area contributed by atoms with Crippen molar-refractivity contribution in [2.45, 2.75) is 38.8 Å². The summed E-state index contributed by atoms with van der Waals surface area (Å²) in [4.78, 5) is 4.10. The largest absolute Gasteiger partial charge is 0.490 e. The van der Waals surface area contributed by atoms with Gasteiger partial charge in [-0.15, -0.1) is 0 Å². The molecule has 2 heterocycles. The minimum absolute atomic E-state index is 0.227. The van der Waals surface area contributed by atoms with Gasteiger partial charge in [0.15, 0.2) is 11.5 Å². The van der Waals surface area contributed by atoms with E-state index in [1.54, 1.807) is 0 Å². The zero-order valence-electron chi connectivity index (χ0n) is 13.8. The van der Waals surface area contributed by atoms with Crippen molar-refractivity contribution in [1.82, 2.24) is 10.3 Å². The third-order valence-corrected chi connectivity index (χ3v) is 4.24. The van der Waals surface area contributed by atoms with Crippen LogP contribution >= 0.6 is 0 Å². The van der Waals surface area contributed by atoms with Crippen molar-refractivity contribution in [2.24, 2.45) is 0 Å². The van der Waals surface area contributed by atoms with Crippen LogP contribution in [0.15, 0.2) is 42.7 Å². The van der Waals surface area contributed by atoms with Crippen molar-refractivity contribution in [3.05, 3.63) is 53.9 Å². The molecular formula is C19H24N2O2. The lowest BCUT2D eigenvalue weighted by molar-refractivity contribution is 0.297. The van der Waals surface area contributed by atoms with E-state index in [1.165, 1.54) is 11.1 Å². The summed E-state index contributed by atoms with van der Waals surface area (Å²) in [5, 5.41) is 3.70. The number of hydrogen-bond donors (Lipinski definition) is 1. The van der Waals surface area contributed by atoms with Crippen molar-refractivity contribution in [2.75, 3.05) is 13.2 Å². The van der Waals surface area contributed by atoms with E-state index >= 15 is 0 Å². The van der Waals surface area contributed by atoms with Crippen LogP contribution in [-0.2, 0) is 0 Å². The fraction of sp³-hybridized carbons (Fsp3) is 0.421. The Morgan fingerprint density at radius 2 is 1.78 bits per heavy atom. The first kappa shape index (κ1) is 15.8. The minimum atomic E-state index is 0.227. The van der Waals surface area contributed by atoms with Crippen LogP contribution in [0.25, 0.3) is 0 Å². The second-order valence-electron chi connectivity index (χ2n) is 5.89. The zero-order chi connectivity index (χ0) is 16.1. The zero-order valence-corrected chi connectivity index (χ0v) is 13.8. The molecule has 0 aliphatic carbocycles. The lowest BCUT2D eigenvalue weighted by Crippen LogP contribution is -2.24. The fourth-order valence-corrected chi connectivity index (χ4v) is 2.89. The molecule has 2 atom stereocenters. The summed E-state index contributed by atoms with van der Waals surface area (Å²) < 4.78 is 11.5. The van der Waals surface area contributed by atoms with Crippen molar-refractivity contribution >= 4 is 0 Å². The van der Waals surface area contributed by atoms with Gasteiger partial charge in [0.2, 0.25) is 0 Å². The van der Waals surface area contributed by atoms with Gasteiger partial charge < -0.3 is 14.8 Å². The number of aromatic nitrogens is 1. The smallest absolute Gasteiger partial charge is 0.161 e. The predicted octanol–water partition coefficient (Wildman–Crippen LogP) is 4.04. The third kappa shape index (κ3) is 3.82. The Bertz CT molecular complexity index is 631. The van der Waals surface area contributed by atoms with Crippen molar-refractivity contribution in [3.8, 4) is 11.5 Å². The Labute approximate surface area is 137 Å². The number of rotatable bonds is 5. The molecule has 2 aromatic rings. The van der Waals surface area contributed by atoms with E-state index in [-0.39, 0.29) is 6.04 Å². The lowest BCUT2D eigenvalue weighted by Gasteiger charge is -2.23. The fourth-order valence-electron chi connectivity index (χ4n) is 2.89. The van der Waals surface area contributed by atoms with Crippen LogP contribution in [0.3, 0.4) is 0 Å². The average Bonchev–Trinajstić information content (AvgIpc) is 2.84. The number of benzene rings is 1. The second-order valence-corrected chi connectivity index (χ2v) is 5.89. The average molecular weight is 312 g/mol. The van der Waals surface area contributed by atoms with Crippen LogP contribution in [0, 0.1) is 0 Å². The van der Waals surface area contributed by atoms with E-state index in [2.05, 4.69) is 48.4 Å². The SMILES string of the molecule is CC[C@@H](N[C@@H](C)c1ccc2c(c1)OCCCO2)c1ccncc1. The summed E-state index contributed by atoms with van der Waals surface area (Å²) >= 11 is 0. The van der Waals surface area contributed by atoms with Gasteiger partial charge >= 0.3 is 0 Å². The number of nitrogens with one attached hydrogen (secondary N) is 1. The number of ether oxygens (including phenoxy) is 2. The van der Waals surface area contributed by atoms with Crippen LogP contribution in [0.2, 0.25) is 0 Å². The molecule has 122 valence electrons. The molecule has 0 saturated heterocycles. The monoisotopic (exact) mass is 312 g/mol. The summed E-state index contributed by atoms with van der Waals surface area (Å²) in [6, 6.07) is 10.9. The Balaban J connectivity index is 1.75. The van der Waals surface area contributed by atoms with E-state index in [1.807, 2.05) is 18.5 Å². The molecule has 1 aromatic carbocycles. The van der Waals surface area contributed by atoms with Gasteiger partial charge in [-0.2, -0.15) is 0 Å². The molecule has 4 heteroatoms. The molecule has 0 unspecified atom stereocenters. The van der Waals surface area contributed by atoms with Gasteiger partial charge in [-0.25, -0.2) is 0 Å². The first-order valence-electron chi connectivity index (χ1n) is 8.33. The highest BCUT2D eigenvalue weighted by Crippen LogP contribution is 2.33. The summed E-state index contributed by atoms with van der Waals surface area (Å²) in [6.07, 6.45) is 5.65. The first-order valence-corrected chi connectivity index (χ1v) is 8.33. The summed E-state index contributed by atoms with van der Waals surface area (Å²) in [7, 11) is 0. The molecular weight excluding hydrogens is 288 g/mol. The summed E-state index contributed by atoms with van der Waals surface area (Å²) in [6.45, 7) is 5.81. The third-order valence-electron chi connectivity index (χ3n) is 4.24. The highest BCUT2D eigenvalue weighted by atomic mass is 16.5. The normalized spacial score (nSPS) is 16.4. The topological polar surface area (TPSA) is 43.4 Å². The molecule has 3 rings (SSSR count). The quantitative estimate of drug-likeness (QED) is 0.904. The van der Waals surface area contributed by atoms with Gasteiger partial charge in [0.05, 0.1) is 13.2 Å². The molecule has 0 saturated carbocycles. The number of pyridine rings is 1.